The third kappa shape index (κ3) is 8.30. The summed E-state index contributed by atoms with van der Waals surface area (Å²) in [5.41, 5.74) is 7.58. The molecule has 0 saturated carbocycles. The van der Waals surface area contributed by atoms with E-state index in [1.165, 1.54) is 49.6 Å². The highest BCUT2D eigenvalue weighted by Crippen LogP contribution is 2.38. The van der Waals surface area contributed by atoms with Crippen LogP contribution in [0.25, 0.3) is 0 Å². The number of ether oxygens (including phenoxy) is 1. The number of anilines is 4. The van der Waals surface area contributed by atoms with Crippen molar-refractivity contribution >= 4 is 40.5 Å². The molecular formula is C35H35F3N4O4. The fraction of sp³-hybridized carbons (Fsp3) is 0.229. The van der Waals surface area contributed by atoms with Crippen molar-refractivity contribution in [3.05, 3.63) is 114 Å². The van der Waals surface area contributed by atoms with Crippen molar-refractivity contribution in [2.24, 2.45) is 5.73 Å². The van der Waals surface area contributed by atoms with E-state index >= 15 is 0 Å². The van der Waals surface area contributed by atoms with Gasteiger partial charge in [-0.25, -0.2) is 0 Å². The molecule has 0 unspecified atom stereocenters. The summed E-state index contributed by atoms with van der Waals surface area (Å²) in [7, 11) is 1.40. The second kappa shape index (κ2) is 13.9. The minimum absolute atomic E-state index is 0.130. The summed E-state index contributed by atoms with van der Waals surface area (Å²) < 4.78 is 47.0. The van der Waals surface area contributed by atoms with Crippen molar-refractivity contribution in [3.8, 4) is 5.75 Å². The van der Waals surface area contributed by atoms with Gasteiger partial charge < -0.3 is 21.1 Å². The third-order valence-corrected chi connectivity index (χ3v) is 7.18. The van der Waals surface area contributed by atoms with Crippen LogP contribution in [0.15, 0.2) is 97.1 Å². The molecule has 0 heterocycles. The van der Waals surface area contributed by atoms with E-state index in [1.54, 1.807) is 24.3 Å². The number of nitrogens with one attached hydrogen (secondary N) is 2. The molecule has 0 aliphatic heterocycles. The topological polar surface area (TPSA) is 114 Å². The molecule has 4 rings (SSSR count). The number of hydrogen-bond acceptors (Lipinski definition) is 5. The van der Waals surface area contributed by atoms with Gasteiger partial charge in [-0.2, -0.15) is 13.2 Å². The molecule has 3 amide bonds. The molecule has 0 radical (unpaired) electrons. The molecule has 4 N–H and O–H groups in total. The molecule has 0 aromatic heterocycles. The number of carbonyl (C=O) groups excluding carboxylic acids is 3. The molecule has 11 heteroatoms. The SMILES string of the molecule is COc1ccc(N(C(=O)C(F)(F)F)c2ccc(NC(=O)[C@@H](N)Cc3ccccc3)cc2NC(=O)c2ccc(C(C)(C)C)cc2)cc1. The average Bonchev–Trinajstić information content (AvgIpc) is 3.02. The fourth-order valence-electron chi connectivity index (χ4n) is 4.64. The molecule has 0 bridgehead atoms. The number of alkyl halides is 3. The van der Waals surface area contributed by atoms with Gasteiger partial charge in [0, 0.05) is 16.9 Å². The summed E-state index contributed by atoms with van der Waals surface area (Å²) in [6.45, 7) is 6.06. The monoisotopic (exact) mass is 632 g/mol. The maximum atomic E-state index is 14.0. The van der Waals surface area contributed by atoms with E-state index in [4.69, 9.17) is 10.5 Å². The molecule has 0 aliphatic carbocycles. The lowest BCUT2D eigenvalue weighted by Gasteiger charge is -2.27. The first-order valence-corrected chi connectivity index (χ1v) is 14.4. The highest BCUT2D eigenvalue weighted by molar-refractivity contribution is 6.11. The van der Waals surface area contributed by atoms with E-state index in [0.717, 1.165) is 11.1 Å². The second-order valence-electron chi connectivity index (χ2n) is 11.6. The molecule has 1 atom stereocenters. The van der Waals surface area contributed by atoms with Crippen LogP contribution in [0.3, 0.4) is 0 Å². The predicted molar refractivity (Wildman–Crippen MR) is 172 cm³/mol. The standard InChI is InChI=1S/C35H35F3N4O4/c1-34(2,3)24-12-10-23(11-13-24)31(43)41-29-21-25(40-32(44)28(39)20-22-8-6-5-7-9-22)14-19-30(29)42(33(45)35(36,37)38)26-15-17-27(46-4)18-16-26/h5-19,21,28H,20,39H2,1-4H3,(H,40,44)(H,41,43)/t28-/m0/s1. The molecule has 46 heavy (non-hydrogen) atoms. The molecule has 8 nitrogen and oxygen atoms in total. The van der Waals surface area contributed by atoms with Crippen LogP contribution in [0.4, 0.5) is 35.9 Å². The molecule has 4 aromatic rings. The molecule has 4 aromatic carbocycles. The summed E-state index contributed by atoms with van der Waals surface area (Å²) in [6.07, 6.45) is -5.02. The Kier molecular flexibility index (Phi) is 10.2. The number of methoxy groups -OCH3 is 1. The van der Waals surface area contributed by atoms with Gasteiger partial charge in [0.25, 0.3) is 5.91 Å². The van der Waals surface area contributed by atoms with Gasteiger partial charge >= 0.3 is 12.1 Å². The molecule has 0 fully saturated rings. The molecule has 240 valence electrons. The van der Waals surface area contributed by atoms with Crippen LogP contribution >= 0.6 is 0 Å². The van der Waals surface area contributed by atoms with Crippen LogP contribution < -0.4 is 26.0 Å². The highest BCUT2D eigenvalue weighted by atomic mass is 19.4. The maximum Gasteiger partial charge on any atom is 0.472 e. The van der Waals surface area contributed by atoms with Crippen molar-refractivity contribution in [1.29, 1.82) is 0 Å². The van der Waals surface area contributed by atoms with E-state index in [-0.39, 0.29) is 40.1 Å². The smallest absolute Gasteiger partial charge is 0.472 e. The van der Waals surface area contributed by atoms with Crippen LogP contribution in [0, 0.1) is 0 Å². The first-order chi connectivity index (χ1) is 21.7. The summed E-state index contributed by atoms with van der Waals surface area (Å²) in [5, 5.41) is 5.30. The lowest BCUT2D eigenvalue weighted by Crippen LogP contribution is -2.39. The number of hydrogen-bond donors (Lipinski definition) is 3. The minimum atomic E-state index is -5.26. The van der Waals surface area contributed by atoms with Crippen LogP contribution in [0.2, 0.25) is 0 Å². The molecule has 0 spiro atoms. The Labute approximate surface area is 265 Å². The Morgan fingerprint density at radius 2 is 1.48 bits per heavy atom. The van der Waals surface area contributed by atoms with Crippen molar-refractivity contribution in [2.45, 2.75) is 44.8 Å². The van der Waals surface area contributed by atoms with Gasteiger partial charge in [0.05, 0.1) is 24.5 Å². The largest absolute Gasteiger partial charge is 0.497 e. The van der Waals surface area contributed by atoms with Crippen molar-refractivity contribution in [1.82, 2.24) is 0 Å². The van der Waals surface area contributed by atoms with Crippen molar-refractivity contribution in [3.63, 3.8) is 0 Å². The minimum Gasteiger partial charge on any atom is -0.497 e. The number of nitrogens with zero attached hydrogens (tertiary/aromatic N) is 1. The summed E-state index contributed by atoms with van der Waals surface area (Å²) in [4.78, 5) is 39.7. The lowest BCUT2D eigenvalue weighted by atomic mass is 9.87. The van der Waals surface area contributed by atoms with Gasteiger partial charge in [0.2, 0.25) is 5.91 Å². The molecular weight excluding hydrogens is 597 g/mol. The van der Waals surface area contributed by atoms with Crippen LogP contribution in [-0.2, 0) is 21.4 Å². The Hall–Kier alpha value is -5.16. The number of rotatable bonds is 9. The molecule has 0 aliphatic rings. The lowest BCUT2D eigenvalue weighted by molar-refractivity contribution is -0.169. The zero-order valence-corrected chi connectivity index (χ0v) is 25.8. The van der Waals surface area contributed by atoms with Crippen LogP contribution in [0.5, 0.6) is 5.75 Å². The normalized spacial score (nSPS) is 12.2. The van der Waals surface area contributed by atoms with Crippen molar-refractivity contribution < 1.29 is 32.3 Å². The van der Waals surface area contributed by atoms with E-state index < -0.39 is 29.9 Å². The zero-order valence-electron chi connectivity index (χ0n) is 25.8. The Bertz CT molecular complexity index is 1680. The summed E-state index contributed by atoms with van der Waals surface area (Å²) in [5.74, 6) is -3.02. The quantitative estimate of drug-likeness (QED) is 0.184. The zero-order chi connectivity index (χ0) is 33.6. The van der Waals surface area contributed by atoms with Gasteiger partial charge in [-0.05, 0) is 77.6 Å². The number of benzene rings is 4. The van der Waals surface area contributed by atoms with Gasteiger partial charge in [0.1, 0.15) is 5.75 Å². The third-order valence-electron chi connectivity index (χ3n) is 7.18. The Morgan fingerprint density at radius 1 is 0.848 bits per heavy atom. The maximum absolute atomic E-state index is 14.0. The first-order valence-electron chi connectivity index (χ1n) is 14.4. The number of halogens is 3. The number of amides is 3. The predicted octanol–water partition coefficient (Wildman–Crippen LogP) is 6.98. The Morgan fingerprint density at radius 3 is 2.04 bits per heavy atom. The van der Waals surface area contributed by atoms with Crippen LogP contribution in [0.1, 0.15) is 42.3 Å². The van der Waals surface area contributed by atoms with Crippen molar-refractivity contribution in [2.75, 3.05) is 22.6 Å². The van der Waals surface area contributed by atoms with Gasteiger partial charge in [-0.1, -0.05) is 63.2 Å². The van der Waals surface area contributed by atoms with Gasteiger partial charge in [-0.3, -0.25) is 19.3 Å². The fourth-order valence-corrected chi connectivity index (χ4v) is 4.64. The average molecular weight is 633 g/mol. The summed E-state index contributed by atoms with van der Waals surface area (Å²) >= 11 is 0. The second-order valence-corrected chi connectivity index (χ2v) is 11.6. The van der Waals surface area contributed by atoms with Gasteiger partial charge in [0.15, 0.2) is 0 Å². The van der Waals surface area contributed by atoms with E-state index in [2.05, 4.69) is 10.6 Å². The van der Waals surface area contributed by atoms with Crippen LogP contribution in [-0.4, -0.2) is 37.0 Å². The highest BCUT2D eigenvalue weighted by Gasteiger charge is 2.44. The van der Waals surface area contributed by atoms with E-state index in [1.807, 2.05) is 51.1 Å². The molecule has 0 saturated heterocycles. The van der Waals surface area contributed by atoms with Gasteiger partial charge in [-0.15, -0.1) is 0 Å². The first kappa shape index (κ1) is 33.7. The Balaban J connectivity index is 1.74. The summed E-state index contributed by atoms with van der Waals surface area (Å²) in [6, 6.07) is 24.2. The van der Waals surface area contributed by atoms with E-state index in [9.17, 15) is 27.6 Å². The van der Waals surface area contributed by atoms with E-state index in [0.29, 0.717) is 10.6 Å². The number of carbonyl (C=O) groups is 3. The number of nitrogens with two attached hydrogens (primary N) is 1.